The molecule has 6 nitrogen and oxygen atoms in total. The van der Waals surface area contributed by atoms with Gasteiger partial charge in [0.05, 0.1) is 6.04 Å². The van der Waals surface area contributed by atoms with E-state index in [4.69, 9.17) is 17.3 Å². The summed E-state index contributed by atoms with van der Waals surface area (Å²) < 4.78 is 0. The molecule has 4 atom stereocenters. The van der Waals surface area contributed by atoms with Crippen LogP contribution in [-0.4, -0.2) is 29.7 Å². The van der Waals surface area contributed by atoms with Crippen molar-refractivity contribution in [1.29, 1.82) is 0 Å². The number of hydrogen-bond donors (Lipinski definition) is 3. The number of nitrogens with two attached hydrogens (primary N) is 1. The monoisotopic (exact) mass is 445 g/mol. The van der Waals surface area contributed by atoms with Crippen molar-refractivity contribution in [3.63, 3.8) is 0 Å². The Kier molecular flexibility index (Phi) is 5.25. The van der Waals surface area contributed by atoms with Crippen LogP contribution < -0.4 is 16.4 Å². The normalized spacial score (nSPS) is 29.7. The van der Waals surface area contributed by atoms with Gasteiger partial charge in [-0.05, 0) is 47.3 Å². The first-order chi connectivity index (χ1) is 14.4. The van der Waals surface area contributed by atoms with Gasteiger partial charge < -0.3 is 11.1 Å². The third-order valence-electron chi connectivity index (χ3n) is 7.78. The van der Waals surface area contributed by atoms with Crippen molar-refractivity contribution in [3.05, 3.63) is 34.9 Å². The highest BCUT2D eigenvalue weighted by Crippen LogP contribution is 2.66. The average molecular weight is 446 g/mol. The first-order valence-corrected chi connectivity index (χ1v) is 11.4. The molecule has 2 amide bonds. The van der Waals surface area contributed by atoms with Crippen LogP contribution in [-0.2, 0) is 14.4 Å². The molecule has 4 N–H and O–H groups in total. The van der Waals surface area contributed by atoms with E-state index >= 15 is 0 Å². The number of rotatable bonds is 8. The lowest BCUT2D eigenvalue weighted by molar-refractivity contribution is -0.139. The lowest BCUT2D eigenvalue weighted by Crippen LogP contribution is -2.62. The van der Waals surface area contributed by atoms with Gasteiger partial charge in [0, 0.05) is 29.8 Å². The fourth-order valence-corrected chi connectivity index (χ4v) is 5.79. The van der Waals surface area contributed by atoms with Gasteiger partial charge >= 0.3 is 0 Å². The van der Waals surface area contributed by atoms with Crippen LogP contribution in [0.1, 0.15) is 58.6 Å². The van der Waals surface area contributed by atoms with Gasteiger partial charge in [0.15, 0.2) is 11.3 Å². The SMILES string of the molecule is CC(C)(CC(=O)[C@@]1(C(N)=O)NCC2[C@H]1C2(C)C)C(NC(=O)C1CC1)c1ccc(Cl)cc1. The number of carbonyl (C=O) groups excluding carboxylic acids is 3. The topological polar surface area (TPSA) is 101 Å². The van der Waals surface area contributed by atoms with E-state index in [1.54, 1.807) is 12.1 Å². The van der Waals surface area contributed by atoms with E-state index in [1.165, 1.54) is 0 Å². The number of hydrogen-bond acceptors (Lipinski definition) is 4. The van der Waals surface area contributed by atoms with E-state index in [2.05, 4.69) is 24.5 Å². The summed E-state index contributed by atoms with van der Waals surface area (Å²) in [5.41, 5.74) is 4.63. The van der Waals surface area contributed by atoms with Gasteiger partial charge in [-0.15, -0.1) is 0 Å². The van der Waals surface area contributed by atoms with Crippen LogP contribution in [0.15, 0.2) is 24.3 Å². The Morgan fingerprint density at radius 1 is 1.23 bits per heavy atom. The molecule has 3 fully saturated rings. The second-order valence-corrected chi connectivity index (χ2v) is 11.3. The van der Waals surface area contributed by atoms with Crippen molar-refractivity contribution >= 4 is 29.2 Å². The molecule has 0 bridgehead atoms. The van der Waals surface area contributed by atoms with Gasteiger partial charge in [-0.25, -0.2) is 0 Å². The number of fused-ring (bicyclic) bond motifs is 1. The molecule has 1 aromatic carbocycles. The quantitative estimate of drug-likeness (QED) is 0.535. The van der Waals surface area contributed by atoms with Crippen LogP contribution in [0.3, 0.4) is 0 Å². The highest BCUT2D eigenvalue weighted by molar-refractivity contribution is 6.30. The van der Waals surface area contributed by atoms with Crippen molar-refractivity contribution in [2.45, 2.75) is 58.5 Å². The average Bonchev–Trinajstić information content (AvgIpc) is 3.55. The Balaban J connectivity index is 1.62. The summed E-state index contributed by atoms with van der Waals surface area (Å²) >= 11 is 6.07. The van der Waals surface area contributed by atoms with Crippen molar-refractivity contribution in [3.8, 4) is 0 Å². The van der Waals surface area contributed by atoms with Gasteiger partial charge in [0.1, 0.15) is 0 Å². The van der Waals surface area contributed by atoms with E-state index in [0.717, 1.165) is 18.4 Å². The van der Waals surface area contributed by atoms with Crippen molar-refractivity contribution in [2.75, 3.05) is 6.54 Å². The smallest absolute Gasteiger partial charge is 0.245 e. The summed E-state index contributed by atoms with van der Waals surface area (Å²) in [7, 11) is 0. The van der Waals surface area contributed by atoms with Crippen LogP contribution in [0, 0.1) is 28.6 Å². The molecule has 1 aliphatic heterocycles. The van der Waals surface area contributed by atoms with Crippen LogP contribution in [0.2, 0.25) is 5.02 Å². The molecule has 168 valence electrons. The zero-order valence-electron chi connectivity index (χ0n) is 18.6. The van der Waals surface area contributed by atoms with E-state index in [-0.39, 0.29) is 41.3 Å². The molecule has 0 aromatic heterocycles. The fourth-order valence-electron chi connectivity index (χ4n) is 5.66. The summed E-state index contributed by atoms with van der Waals surface area (Å²) in [5.74, 6) is -0.557. The molecule has 1 saturated heterocycles. The van der Waals surface area contributed by atoms with Crippen LogP contribution in [0.25, 0.3) is 0 Å². The predicted octanol–water partition coefficient (Wildman–Crippen LogP) is 2.99. The fraction of sp³-hybridized carbons (Fsp3) is 0.625. The van der Waals surface area contributed by atoms with Crippen LogP contribution >= 0.6 is 11.6 Å². The largest absolute Gasteiger partial charge is 0.368 e. The molecule has 2 aliphatic carbocycles. The van der Waals surface area contributed by atoms with E-state index in [1.807, 2.05) is 26.0 Å². The molecular formula is C24H32ClN3O3. The molecule has 3 aliphatic rings. The van der Waals surface area contributed by atoms with E-state index < -0.39 is 22.9 Å². The van der Waals surface area contributed by atoms with Gasteiger partial charge in [-0.2, -0.15) is 0 Å². The maximum Gasteiger partial charge on any atom is 0.245 e. The number of primary amides is 1. The third-order valence-corrected chi connectivity index (χ3v) is 8.03. The number of benzene rings is 1. The molecule has 1 aromatic rings. The zero-order valence-corrected chi connectivity index (χ0v) is 19.4. The maximum atomic E-state index is 13.7. The third kappa shape index (κ3) is 3.68. The molecule has 7 heteroatoms. The summed E-state index contributed by atoms with van der Waals surface area (Å²) in [4.78, 5) is 38.9. The van der Waals surface area contributed by atoms with Gasteiger partial charge in [0.2, 0.25) is 11.8 Å². The van der Waals surface area contributed by atoms with Gasteiger partial charge in [-0.3, -0.25) is 19.7 Å². The number of amides is 2. The number of halogens is 1. The van der Waals surface area contributed by atoms with Crippen molar-refractivity contribution in [1.82, 2.24) is 10.6 Å². The summed E-state index contributed by atoms with van der Waals surface area (Å²) in [6, 6.07) is 6.93. The lowest BCUT2D eigenvalue weighted by atomic mass is 9.71. The van der Waals surface area contributed by atoms with Crippen LogP contribution in [0.5, 0.6) is 0 Å². The Bertz CT molecular complexity index is 923. The first-order valence-electron chi connectivity index (χ1n) is 11.1. The first kappa shape index (κ1) is 22.3. The predicted molar refractivity (Wildman–Crippen MR) is 119 cm³/mol. The van der Waals surface area contributed by atoms with Gasteiger partial charge in [-0.1, -0.05) is 51.4 Å². The highest BCUT2D eigenvalue weighted by Gasteiger charge is 2.75. The number of piperidine rings is 1. The Labute approximate surface area is 188 Å². The highest BCUT2D eigenvalue weighted by atomic mass is 35.5. The Morgan fingerprint density at radius 2 is 1.84 bits per heavy atom. The summed E-state index contributed by atoms with van der Waals surface area (Å²) in [6.45, 7) is 8.70. The number of Topliss-reactive ketones (excluding diaryl/α,β-unsaturated/α-hetero) is 1. The molecular weight excluding hydrogens is 414 g/mol. The molecule has 0 spiro atoms. The van der Waals surface area contributed by atoms with Crippen LogP contribution in [0.4, 0.5) is 0 Å². The molecule has 0 radical (unpaired) electrons. The van der Waals surface area contributed by atoms with Crippen molar-refractivity contribution < 1.29 is 14.4 Å². The van der Waals surface area contributed by atoms with Gasteiger partial charge in [0.25, 0.3) is 0 Å². The molecule has 1 heterocycles. The second-order valence-electron chi connectivity index (χ2n) is 10.8. The minimum atomic E-state index is -1.34. The lowest BCUT2D eigenvalue weighted by Gasteiger charge is -2.38. The number of nitrogens with one attached hydrogen (secondary N) is 2. The standard InChI is InChI=1S/C24H32ClN3O3/c1-22(2,11-17(29)24(21(26)31)18-16(12-27-24)23(18,3)4)19(28-20(30)14-5-6-14)13-7-9-15(25)10-8-13/h7-10,14,16,18-19,27H,5-6,11-12H2,1-4H3,(H2,26,31)(H,28,30)/t16?,18-,19?,24+/m0/s1. The molecule has 2 unspecified atom stereocenters. The minimum Gasteiger partial charge on any atom is -0.368 e. The molecule has 31 heavy (non-hydrogen) atoms. The second kappa shape index (κ2) is 7.31. The Morgan fingerprint density at radius 3 is 2.32 bits per heavy atom. The van der Waals surface area contributed by atoms with E-state index in [0.29, 0.717) is 11.6 Å². The van der Waals surface area contributed by atoms with Crippen molar-refractivity contribution in [2.24, 2.45) is 34.3 Å². The zero-order chi connectivity index (χ0) is 22.8. The summed E-state index contributed by atoms with van der Waals surface area (Å²) in [5, 5.41) is 6.94. The molecule has 4 rings (SSSR count). The molecule has 2 saturated carbocycles. The maximum absolute atomic E-state index is 13.7. The van der Waals surface area contributed by atoms with E-state index in [9.17, 15) is 14.4 Å². The summed E-state index contributed by atoms with van der Waals surface area (Å²) in [6.07, 6.45) is 1.90. The number of ketones is 1. The number of carbonyl (C=O) groups is 3. The Hall–Kier alpha value is -1.92. The minimum absolute atomic E-state index is 0.00692.